The maximum Gasteiger partial charge on any atom is 0.421 e. The zero-order chi connectivity index (χ0) is 25.5. The minimum absolute atomic E-state index is 0.0294. The molecule has 0 spiro atoms. The number of piperazine rings is 1. The van der Waals surface area contributed by atoms with Crippen molar-refractivity contribution in [2.24, 2.45) is 0 Å². The number of hydrogen-bond acceptors (Lipinski definition) is 10. The van der Waals surface area contributed by atoms with Crippen LogP contribution in [-0.2, 0) is 22.3 Å². The molecule has 0 atom stereocenters. The number of nitrogens with one attached hydrogen (secondary N) is 2. The van der Waals surface area contributed by atoms with Crippen molar-refractivity contribution in [2.45, 2.75) is 25.6 Å². The molecule has 0 aliphatic carbocycles. The smallest absolute Gasteiger partial charge is 0.372 e. The number of ether oxygens (including phenoxy) is 1. The molecule has 14 heteroatoms. The van der Waals surface area contributed by atoms with Gasteiger partial charge in [0.1, 0.15) is 28.8 Å². The topological polar surface area (TPSA) is 98.8 Å². The number of alkyl halides is 3. The second kappa shape index (κ2) is 12.1. The van der Waals surface area contributed by atoms with Gasteiger partial charge in [-0.25, -0.2) is 9.97 Å². The summed E-state index contributed by atoms with van der Waals surface area (Å²) in [5.74, 6) is 0.115. The van der Waals surface area contributed by atoms with Crippen molar-refractivity contribution < 1.29 is 22.7 Å². The molecule has 36 heavy (non-hydrogen) atoms. The second-order valence-corrected chi connectivity index (χ2v) is 9.79. The molecule has 2 N–H and O–H groups in total. The summed E-state index contributed by atoms with van der Waals surface area (Å²) in [6.45, 7) is 6.49. The van der Waals surface area contributed by atoms with E-state index < -0.39 is 11.7 Å². The molecular weight excluding hydrogens is 497 g/mol. The normalized spacial score (nSPS) is 18.3. The van der Waals surface area contributed by atoms with Gasteiger partial charge in [-0.3, -0.25) is 9.69 Å². The Hall–Kier alpha value is -2.55. The molecular formula is C22H31F3N8O2S. The monoisotopic (exact) mass is 528 g/mol. The first-order valence-corrected chi connectivity index (χ1v) is 12.8. The molecule has 0 bridgehead atoms. The molecule has 2 saturated heterocycles. The van der Waals surface area contributed by atoms with Crippen LogP contribution in [0.15, 0.2) is 11.6 Å². The maximum atomic E-state index is 13.5. The number of halogens is 3. The molecule has 2 aliphatic rings. The molecule has 0 unspecified atom stereocenters. The third kappa shape index (κ3) is 7.48. The van der Waals surface area contributed by atoms with Crippen LogP contribution in [0.1, 0.15) is 23.4 Å². The van der Waals surface area contributed by atoms with Gasteiger partial charge in [0, 0.05) is 64.0 Å². The first-order chi connectivity index (χ1) is 17.3. The first-order valence-electron chi connectivity index (χ1n) is 11.9. The summed E-state index contributed by atoms with van der Waals surface area (Å²) in [6.07, 6.45) is -2.62. The van der Waals surface area contributed by atoms with Gasteiger partial charge in [-0.15, -0.1) is 11.3 Å². The Morgan fingerprint density at radius 2 is 1.97 bits per heavy atom. The number of anilines is 3. The molecule has 4 heterocycles. The summed E-state index contributed by atoms with van der Waals surface area (Å²) in [4.78, 5) is 30.8. The van der Waals surface area contributed by atoms with E-state index in [0.717, 1.165) is 50.3 Å². The van der Waals surface area contributed by atoms with Crippen LogP contribution in [0.3, 0.4) is 0 Å². The number of carbonyl (C=O) groups is 1. The van der Waals surface area contributed by atoms with Gasteiger partial charge in [0.05, 0.1) is 6.54 Å². The van der Waals surface area contributed by atoms with Crippen molar-refractivity contribution in [2.75, 3.05) is 76.7 Å². The van der Waals surface area contributed by atoms with Crippen LogP contribution in [0.5, 0.6) is 0 Å². The van der Waals surface area contributed by atoms with Gasteiger partial charge in [0.2, 0.25) is 11.9 Å². The van der Waals surface area contributed by atoms with Crippen molar-refractivity contribution in [1.82, 2.24) is 29.7 Å². The van der Waals surface area contributed by atoms with Gasteiger partial charge in [-0.2, -0.15) is 18.2 Å². The van der Waals surface area contributed by atoms with Crippen molar-refractivity contribution in [1.29, 1.82) is 0 Å². The SMILES string of the molecule is CN1CCN(Cc2nc(Nc3ncc(C(F)(F)F)c(NCCCN4CCCOCC4=O)n3)cs2)CC1. The van der Waals surface area contributed by atoms with Gasteiger partial charge >= 0.3 is 6.18 Å². The fourth-order valence-electron chi connectivity index (χ4n) is 3.98. The van der Waals surface area contributed by atoms with Gasteiger partial charge < -0.3 is 25.2 Å². The number of carbonyl (C=O) groups excluding carboxylic acids is 1. The molecule has 0 saturated carbocycles. The number of rotatable bonds is 9. The summed E-state index contributed by atoms with van der Waals surface area (Å²) in [6, 6.07) is 0. The molecule has 0 radical (unpaired) electrons. The van der Waals surface area contributed by atoms with E-state index >= 15 is 0 Å². The van der Waals surface area contributed by atoms with Crippen LogP contribution in [0.4, 0.5) is 30.8 Å². The fraction of sp³-hybridized carbons (Fsp3) is 0.636. The lowest BCUT2D eigenvalue weighted by atomic mass is 10.3. The molecule has 2 aromatic heterocycles. The predicted molar refractivity (Wildman–Crippen MR) is 130 cm³/mol. The summed E-state index contributed by atoms with van der Waals surface area (Å²) < 4.78 is 45.8. The van der Waals surface area contributed by atoms with E-state index in [-0.39, 0.29) is 30.8 Å². The molecule has 2 fully saturated rings. The van der Waals surface area contributed by atoms with Crippen LogP contribution in [0.25, 0.3) is 0 Å². The van der Waals surface area contributed by atoms with Gasteiger partial charge in [-0.1, -0.05) is 0 Å². The zero-order valence-electron chi connectivity index (χ0n) is 20.2. The lowest BCUT2D eigenvalue weighted by Gasteiger charge is -2.31. The zero-order valence-corrected chi connectivity index (χ0v) is 21.0. The number of thiazole rings is 1. The molecule has 2 aromatic rings. The summed E-state index contributed by atoms with van der Waals surface area (Å²) >= 11 is 1.49. The number of nitrogens with zero attached hydrogens (tertiary/aromatic N) is 6. The minimum Gasteiger partial charge on any atom is -0.372 e. The van der Waals surface area contributed by atoms with Crippen LogP contribution in [0.2, 0.25) is 0 Å². The highest BCUT2D eigenvalue weighted by molar-refractivity contribution is 7.10. The maximum absolute atomic E-state index is 13.5. The van der Waals surface area contributed by atoms with Crippen LogP contribution in [0, 0.1) is 0 Å². The van der Waals surface area contributed by atoms with E-state index in [1.54, 1.807) is 10.3 Å². The predicted octanol–water partition coefficient (Wildman–Crippen LogP) is 2.49. The van der Waals surface area contributed by atoms with E-state index in [2.05, 4.69) is 42.4 Å². The molecule has 2 aliphatic heterocycles. The van der Waals surface area contributed by atoms with E-state index in [4.69, 9.17) is 4.74 Å². The Balaban J connectivity index is 1.35. The largest absolute Gasteiger partial charge is 0.421 e. The Kier molecular flexibility index (Phi) is 8.93. The lowest BCUT2D eigenvalue weighted by Crippen LogP contribution is -2.43. The Morgan fingerprint density at radius 1 is 1.17 bits per heavy atom. The van der Waals surface area contributed by atoms with Crippen molar-refractivity contribution in [3.05, 3.63) is 22.1 Å². The highest BCUT2D eigenvalue weighted by Gasteiger charge is 2.35. The first kappa shape index (κ1) is 26.5. The fourth-order valence-corrected chi connectivity index (χ4v) is 4.75. The van der Waals surface area contributed by atoms with Crippen LogP contribution < -0.4 is 10.6 Å². The second-order valence-electron chi connectivity index (χ2n) is 8.85. The third-order valence-corrected chi connectivity index (χ3v) is 6.87. The molecule has 10 nitrogen and oxygen atoms in total. The van der Waals surface area contributed by atoms with E-state index in [1.165, 1.54) is 11.3 Å². The van der Waals surface area contributed by atoms with Crippen molar-refractivity contribution >= 4 is 34.8 Å². The van der Waals surface area contributed by atoms with Crippen molar-refractivity contribution in [3.8, 4) is 0 Å². The van der Waals surface area contributed by atoms with Gasteiger partial charge in [0.15, 0.2) is 0 Å². The highest BCUT2D eigenvalue weighted by atomic mass is 32.1. The molecule has 1 amide bonds. The van der Waals surface area contributed by atoms with Gasteiger partial charge in [-0.05, 0) is 19.9 Å². The lowest BCUT2D eigenvalue weighted by molar-refractivity contribution is -0.137. The Morgan fingerprint density at radius 3 is 2.75 bits per heavy atom. The molecule has 0 aromatic carbocycles. The summed E-state index contributed by atoms with van der Waals surface area (Å²) in [5.41, 5.74) is -0.943. The van der Waals surface area contributed by atoms with Gasteiger partial charge in [0.25, 0.3) is 0 Å². The third-order valence-electron chi connectivity index (χ3n) is 6.03. The Labute approximate surface area is 211 Å². The average molecular weight is 529 g/mol. The highest BCUT2D eigenvalue weighted by Crippen LogP contribution is 2.34. The van der Waals surface area contributed by atoms with E-state index in [1.807, 2.05) is 0 Å². The summed E-state index contributed by atoms with van der Waals surface area (Å²) in [7, 11) is 2.10. The average Bonchev–Trinajstić information content (AvgIpc) is 3.16. The van der Waals surface area contributed by atoms with Crippen LogP contribution in [-0.4, -0.2) is 102 Å². The van der Waals surface area contributed by atoms with Crippen LogP contribution >= 0.6 is 11.3 Å². The Bertz CT molecular complexity index is 1010. The molecule has 198 valence electrons. The van der Waals surface area contributed by atoms with E-state index in [0.29, 0.717) is 31.9 Å². The number of amides is 1. The van der Waals surface area contributed by atoms with Crippen molar-refractivity contribution in [3.63, 3.8) is 0 Å². The summed E-state index contributed by atoms with van der Waals surface area (Å²) in [5, 5.41) is 8.41. The number of hydrogen-bond donors (Lipinski definition) is 2. The quantitative estimate of drug-likeness (QED) is 0.476. The number of aromatic nitrogens is 3. The minimum atomic E-state index is -4.60. The van der Waals surface area contributed by atoms with E-state index in [9.17, 15) is 18.0 Å². The standard InChI is InChI=1S/C22H31F3N8O2S/c1-31-7-9-32(10-8-31)13-18-28-17(15-36-18)29-21-27-12-16(22(23,24)25)20(30-21)26-4-2-5-33-6-3-11-35-14-19(33)34/h12,15H,2-11,13-14H2,1H3,(H2,26,27,29,30). The number of likely N-dealkylation sites (N-methyl/N-ethyl adjacent to an activating group) is 1. The molecule has 4 rings (SSSR count).